The fourth-order valence-corrected chi connectivity index (χ4v) is 4.65. The predicted octanol–water partition coefficient (Wildman–Crippen LogP) is 5.41. The monoisotopic (exact) mass is 344 g/mol. The zero-order valence-electron chi connectivity index (χ0n) is 16.5. The van der Waals surface area contributed by atoms with E-state index in [4.69, 9.17) is 4.74 Å². The molecule has 0 bridgehead atoms. The molecule has 0 amide bonds. The first kappa shape index (κ1) is 19.7. The lowest BCUT2D eigenvalue weighted by atomic mass is 9.68. The molecule has 1 aliphatic carbocycles. The lowest BCUT2D eigenvalue weighted by Gasteiger charge is -2.36. The molecule has 25 heavy (non-hydrogen) atoms. The highest BCUT2D eigenvalue weighted by Crippen LogP contribution is 2.55. The quantitative estimate of drug-likeness (QED) is 0.377. The number of esters is 1. The topological polar surface area (TPSA) is 43.4 Å². The molecule has 3 heteroatoms. The lowest BCUT2D eigenvalue weighted by molar-refractivity contribution is -0.141. The van der Waals surface area contributed by atoms with Crippen molar-refractivity contribution >= 4 is 11.8 Å². The van der Waals surface area contributed by atoms with Crippen LogP contribution in [0.2, 0.25) is 0 Å². The average molecular weight is 344 g/mol. The van der Waals surface area contributed by atoms with E-state index in [0.29, 0.717) is 17.4 Å². The van der Waals surface area contributed by atoms with Crippen molar-refractivity contribution in [1.82, 2.24) is 0 Å². The first-order valence-electron chi connectivity index (χ1n) is 9.68. The van der Waals surface area contributed by atoms with E-state index in [-0.39, 0.29) is 11.5 Å². The zero-order valence-corrected chi connectivity index (χ0v) is 16.5. The molecule has 0 aromatic heterocycles. The van der Waals surface area contributed by atoms with Crippen molar-refractivity contribution < 1.29 is 14.3 Å². The van der Waals surface area contributed by atoms with Crippen molar-refractivity contribution in [2.75, 3.05) is 0 Å². The van der Waals surface area contributed by atoms with E-state index in [1.165, 1.54) is 11.1 Å². The number of carbonyl (C=O) groups is 2. The zero-order chi connectivity index (χ0) is 18.8. The molecule has 0 N–H and O–H groups in total. The Balaban J connectivity index is 2.48. The van der Waals surface area contributed by atoms with Crippen molar-refractivity contribution in [2.24, 2.45) is 5.92 Å². The fraction of sp³-hybridized carbons (Fsp3) is 0.636. The highest BCUT2D eigenvalue weighted by molar-refractivity contribution is 6.40. The number of ether oxygens (including phenoxy) is 1. The average Bonchev–Trinajstić information content (AvgIpc) is 2.76. The third kappa shape index (κ3) is 3.51. The molecule has 2 rings (SSSR count). The van der Waals surface area contributed by atoms with Crippen LogP contribution in [0.5, 0.6) is 0 Å². The number of benzene rings is 1. The molecular formula is C22H32O3. The Labute approximate surface area is 152 Å². The minimum Gasteiger partial charge on any atom is -0.457 e. The number of Topliss-reactive ketones (excluding diaryl/α,β-unsaturated/α-hetero) is 1. The molecule has 0 spiro atoms. The van der Waals surface area contributed by atoms with E-state index in [1.807, 2.05) is 6.07 Å². The maximum Gasteiger partial charge on any atom is 0.379 e. The second kappa shape index (κ2) is 7.72. The smallest absolute Gasteiger partial charge is 0.379 e. The molecule has 1 aromatic carbocycles. The third-order valence-electron chi connectivity index (χ3n) is 5.88. The van der Waals surface area contributed by atoms with Gasteiger partial charge in [0, 0.05) is 5.56 Å². The number of rotatable bonds is 7. The van der Waals surface area contributed by atoms with Crippen LogP contribution in [0.3, 0.4) is 0 Å². The summed E-state index contributed by atoms with van der Waals surface area (Å²) in [7, 11) is 0. The van der Waals surface area contributed by atoms with Crippen LogP contribution in [0.4, 0.5) is 0 Å². The van der Waals surface area contributed by atoms with Crippen LogP contribution in [-0.2, 0) is 14.9 Å². The molecule has 0 radical (unpaired) electrons. The first-order chi connectivity index (χ1) is 11.8. The molecule has 2 atom stereocenters. The van der Waals surface area contributed by atoms with Crippen molar-refractivity contribution in [2.45, 2.75) is 84.7 Å². The normalized spacial score (nSPS) is 21.2. The van der Waals surface area contributed by atoms with Crippen molar-refractivity contribution in [3.05, 3.63) is 34.9 Å². The number of carbonyl (C=O) groups excluding carboxylic acids is 2. The SMILES string of the molecule is CCCC1(CCC)c2cc(C(=O)C(=O)OC(C)C)ccc2C(C)C1C. The van der Waals surface area contributed by atoms with Gasteiger partial charge >= 0.3 is 5.97 Å². The predicted molar refractivity (Wildman–Crippen MR) is 101 cm³/mol. The van der Waals surface area contributed by atoms with E-state index < -0.39 is 11.8 Å². The number of hydrogen-bond acceptors (Lipinski definition) is 3. The van der Waals surface area contributed by atoms with Gasteiger partial charge in [-0.05, 0) is 61.1 Å². The van der Waals surface area contributed by atoms with Gasteiger partial charge in [-0.15, -0.1) is 0 Å². The van der Waals surface area contributed by atoms with Gasteiger partial charge in [-0.25, -0.2) is 4.79 Å². The molecule has 3 nitrogen and oxygen atoms in total. The maximum absolute atomic E-state index is 12.5. The van der Waals surface area contributed by atoms with Crippen LogP contribution in [0.15, 0.2) is 18.2 Å². The molecule has 1 aromatic rings. The van der Waals surface area contributed by atoms with Crippen LogP contribution in [0.1, 0.15) is 94.6 Å². The molecule has 0 aliphatic heterocycles. The highest BCUT2D eigenvalue weighted by atomic mass is 16.5. The fourth-order valence-electron chi connectivity index (χ4n) is 4.65. The molecule has 0 saturated carbocycles. The summed E-state index contributed by atoms with van der Waals surface area (Å²) in [6, 6.07) is 5.82. The van der Waals surface area contributed by atoms with Crippen molar-refractivity contribution in [3.63, 3.8) is 0 Å². The minimum absolute atomic E-state index is 0.108. The Morgan fingerprint density at radius 1 is 1.12 bits per heavy atom. The Kier molecular flexibility index (Phi) is 6.08. The third-order valence-corrected chi connectivity index (χ3v) is 5.88. The van der Waals surface area contributed by atoms with E-state index in [1.54, 1.807) is 19.9 Å². The second-order valence-corrected chi connectivity index (χ2v) is 7.82. The minimum atomic E-state index is -0.759. The number of hydrogen-bond donors (Lipinski definition) is 0. The summed E-state index contributed by atoms with van der Waals surface area (Å²) >= 11 is 0. The van der Waals surface area contributed by atoms with Crippen LogP contribution >= 0.6 is 0 Å². The lowest BCUT2D eigenvalue weighted by Crippen LogP contribution is -2.31. The van der Waals surface area contributed by atoms with Gasteiger partial charge in [0.2, 0.25) is 0 Å². The molecule has 2 unspecified atom stereocenters. The van der Waals surface area contributed by atoms with Crippen LogP contribution in [-0.4, -0.2) is 17.9 Å². The first-order valence-corrected chi connectivity index (χ1v) is 9.68. The molecular weight excluding hydrogens is 312 g/mol. The Morgan fingerprint density at radius 3 is 2.24 bits per heavy atom. The van der Waals surface area contributed by atoms with Gasteiger partial charge in [-0.1, -0.05) is 52.7 Å². The summed E-state index contributed by atoms with van der Waals surface area (Å²) in [5.74, 6) is -0.286. The standard InChI is InChI=1S/C22H32O3/c1-7-11-22(12-8-2)16(6)15(5)18-10-9-17(13-19(18)22)20(23)21(24)25-14(3)4/h9-10,13-16H,7-8,11-12H2,1-6H3. The molecule has 0 fully saturated rings. The van der Waals surface area contributed by atoms with Gasteiger partial charge in [0.05, 0.1) is 6.10 Å². The highest BCUT2D eigenvalue weighted by Gasteiger charge is 2.47. The maximum atomic E-state index is 12.5. The van der Waals surface area contributed by atoms with Gasteiger partial charge in [-0.3, -0.25) is 4.79 Å². The van der Waals surface area contributed by atoms with Crippen LogP contribution in [0.25, 0.3) is 0 Å². The summed E-state index contributed by atoms with van der Waals surface area (Å²) < 4.78 is 5.09. The molecule has 0 saturated heterocycles. The largest absolute Gasteiger partial charge is 0.457 e. The van der Waals surface area contributed by atoms with Crippen LogP contribution in [0, 0.1) is 5.92 Å². The van der Waals surface area contributed by atoms with Crippen LogP contribution < -0.4 is 0 Å². The van der Waals surface area contributed by atoms with Gasteiger partial charge in [0.25, 0.3) is 5.78 Å². The summed E-state index contributed by atoms with van der Waals surface area (Å²) in [6.07, 6.45) is 4.18. The molecule has 1 aliphatic rings. The van der Waals surface area contributed by atoms with Gasteiger partial charge in [0.1, 0.15) is 0 Å². The Bertz CT molecular complexity index is 639. The van der Waals surface area contributed by atoms with E-state index in [9.17, 15) is 9.59 Å². The summed E-state index contributed by atoms with van der Waals surface area (Å²) in [5.41, 5.74) is 3.18. The van der Waals surface area contributed by atoms with Gasteiger partial charge in [0.15, 0.2) is 0 Å². The molecule has 138 valence electrons. The summed E-state index contributed by atoms with van der Waals surface area (Å²) in [4.78, 5) is 24.5. The van der Waals surface area contributed by atoms with Gasteiger partial charge < -0.3 is 4.74 Å². The van der Waals surface area contributed by atoms with E-state index in [2.05, 4.69) is 33.8 Å². The van der Waals surface area contributed by atoms with Gasteiger partial charge in [-0.2, -0.15) is 0 Å². The number of fused-ring (bicyclic) bond motifs is 1. The number of ketones is 1. The summed E-state index contributed by atoms with van der Waals surface area (Å²) in [5, 5.41) is 0. The Morgan fingerprint density at radius 2 is 1.72 bits per heavy atom. The van der Waals surface area contributed by atoms with E-state index in [0.717, 1.165) is 25.7 Å². The van der Waals surface area contributed by atoms with Crippen molar-refractivity contribution in [3.8, 4) is 0 Å². The van der Waals surface area contributed by atoms with E-state index >= 15 is 0 Å². The molecule has 0 heterocycles. The van der Waals surface area contributed by atoms with Crippen molar-refractivity contribution in [1.29, 1.82) is 0 Å². The second-order valence-electron chi connectivity index (χ2n) is 7.82. The Hall–Kier alpha value is -1.64. The summed E-state index contributed by atoms with van der Waals surface area (Å²) in [6.45, 7) is 12.6.